The Kier molecular flexibility index (Phi) is 9.68. The number of hydrogen-bond donors (Lipinski definition) is 3. The molecule has 1 aromatic rings. The van der Waals surface area contributed by atoms with Crippen molar-refractivity contribution in [2.45, 2.75) is 20.3 Å². The van der Waals surface area contributed by atoms with E-state index in [2.05, 4.69) is 37.2 Å². The fourth-order valence-corrected chi connectivity index (χ4v) is 1.91. The fourth-order valence-electron chi connectivity index (χ4n) is 1.91. The molecule has 0 saturated carbocycles. The van der Waals surface area contributed by atoms with Gasteiger partial charge in [-0.2, -0.15) is 0 Å². The third-order valence-corrected chi connectivity index (χ3v) is 2.72. The van der Waals surface area contributed by atoms with Crippen LogP contribution >= 0.6 is 37.2 Å². The standard InChI is InChI=1S/C12H12O6.I3/c1-3-6-8(11(15)16)4-7(10(13)14)5(2)9(6)12(17)18;1-3-2/h4H,3H2,1-2H3,(H,13,14)(H,15,16)(H,17,18);/q;-1. The number of aromatic carboxylic acids is 3. The molecule has 0 spiro atoms. The third kappa shape index (κ3) is 5.50. The maximum absolute atomic E-state index is 11.2. The summed E-state index contributed by atoms with van der Waals surface area (Å²) in [6.07, 6.45) is 0.198. The van der Waals surface area contributed by atoms with Crippen LogP contribution in [0.3, 0.4) is 0 Å². The first-order valence-electron chi connectivity index (χ1n) is 5.46. The van der Waals surface area contributed by atoms with Gasteiger partial charge in [-0.15, -0.1) is 0 Å². The second-order valence-electron chi connectivity index (χ2n) is 3.77. The number of carboxylic acids is 3. The van der Waals surface area contributed by atoms with Crippen LogP contribution in [0.15, 0.2) is 6.07 Å². The summed E-state index contributed by atoms with van der Waals surface area (Å²) in [5.41, 5.74) is -0.621. The van der Waals surface area contributed by atoms with Crippen LogP contribution in [0.1, 0.15) is 49.1 Å². The van der Waals surface area contributed by atoms with Crippen molar-refractivity contribution in [1.29, 1.82) is 0 Å². The topological polar surface area (TPSA) is 112 Å². The summed E-state index contributed by atoms with van der Waals surface area (Å²) >= 11 is 5.30. The Hall–Kier alpha value is -0.180. The molecule has 1 aromatic carbocycles. The van der Waals surface area contributed by atoms with Gasteiger partial charge in [-0.25, -0.2) is 14.4 Å². The minimum atomic E-state index is -1.35. The Bertz CT molecular complexity index is 571. The summed E-state index contributed by atoms with van der Waals surface area (Å²) < 4.78 is 0. The van der Waals surface area contributed by atoms with Gasteiger partial charge in [0.1, 0.15) is 0 Å². The van der Waals surface area contributed by atoms with Gasteiger partial charge in [0, 0.05) is 0 Å². The molecule has 0 aliphatic carbocycles. The zero-order chi connectivity index (χ0) is 16.7. The van der Waals surface area contributed by atoms with Gasteiger partial charge in [-0.1, -0.05) is 6.92 Å². The van der Waals surface area contributed by atoms with Crippen molar-refractivity contribution in [2.24, 2.45) is 0 Å². The summed E-state index contributed by atoms with van der Waals surface area (Å²) in [6, 6.07) is 1.01. The predicted octanol–water partition coefficient (Wildman–Crippen LogP) is 0.427. The van der Waals surface area contributed by atoms with Crippen molar-refractivity contribution >= 4 is 55.1 Å². The average Bonchev–Trinajstić information content (AvgIpc) is 2.37. The molecule has 0 unspecified atom stereocenters. The Morgan fingerprint density at radius 1 is 1.05 bits per heavy atom. The molecule has 1 rings (SSSR count). The molecule has 6 nitrogen and oxygen atoms in total. The van der Waals surface area contributed by atoms with E-state index in [9.17, 15) is 14.4 Å². The molecule has 0 aliphatic rings. The monoisotopic (exact) mass is 633 g/mol. The second kappa shape index (κ2) is 9.76. The molecule has 118 valence electrons. The van der Waals surface area contributed by atoms with Crippen molar-refractivity contribution in [3.63, 3.8) is 0 Å². The van der Waals surface area contributed by atoms with E-state index in [0.29, 0.717) is 13.3 Å². The molecule has 3 N–H and O–H groups in total. The van der Waals surface area contributed by atoms with E-state index in [1.54, 1.807) is 6.92 Å². The van der Waals surface area contributed by atoms with Gasteiger partial charge >= 0.3 is 68.4 Å². The summed E-state index contributed by atoms with van der Waals surface area (Å²) in [7, 11) is 0. The number of rotatable bonds is 4. The molecule has 0 amide bonds. The van der Waals surface area contributed by atoms with Gasteiger partial charge in [0.05, 0.1) is 16.7 Å². The first-order valence-corrected chi connectivity index (χ1v) is 18.0. The second-order valence-corrected chi connectivity index (χ2v) is 20.0. The van der Waals surface area contributed by atoms with E-state index < -0.39 is 17.9 Å². The molecule has 0 saturated heterocycles. The van der Waals surface area contributed by atoms with E-state index in [1.807, 2.05) is 0 Å². The van der Waals surface area contributed by atoms with Gasteiger partial charge in [0.15, 0.2) is 0 Å². The molecular formula is C12H12I3O6-. The van der Waals surface area contributed by atoms with E-state index in [4.69, 9.17) is 15.3 Å². The summed E-state index contributed by atoms with van der Waals surface area (Å²) in [5.74, 6) is -4.01. The van der Waals surface area contributed by atoms with Crippen molar-refractivity contribution in [3.05, 3.63) is 33.9 Å². The Morgan fingerprint density at radius 3 is 1.76 bits per heavy atom. The first kappa shape index (κ1) is 20.8. The number of hydrogen-bond acceptors (Lipinski definition) is 3. The number of carboxylic acid groups (broad SMARTS) is 3. The van der Waals surface area contributed by atoms with Crippen LogP contribution < -0.4 is 13.3 Å². The molecule has 0 radical (unpaired) electrons. The van der Waals surface area contributed by atoms with E-state index in [-0.39, 0.29) is 34.2 Å². The van der Waals surface area contributed by atoms with Crippen LogP contribution in [0.5, 0.6) is 0 Å². The Morgan fingerprint density at radius 2 is 1.48 bits per heavy atom. The molecule has 0 heterocycles. The normalized spacial score (nSPS) is 9.71. The van der Waals surface area contributed by atoms with E-state index in [1.165, 1.54) is 6.92 Å². The molecule has 0 atom stereocenters. The molecular weight excluding hydrogens is 621 g/mol. The zero-order valence-electron chi connectivity index (χ0n) is 11.0. The summed E-state index contributed by atoms with van der Waals surface area (Å²) in [6.45, 7) is 2.98. The Labute approximate surface area is 150 Å². The van der Waals surface area contributed by atoms with Gasteiger partial charge < -0.3 is 15.3 Å². The fraction of sp³-hybridized carbons (Fsp3) is 0.250. The number of carbonyl (C=O) groups is 3. The maximum atomic E-state index is 11.2. The van der Waals surface area contributed by atoms with Crippen LogP contribution in [-0.2, 0) is 6.42 Å². The van der Waals surface area contributed by atoms with Crippen molar-refractivity contribution < 1.29 is 43.0 Å². The first-order chi connectivity index (χ1) is 9.72. The summed E-state index contributed by atoms with van der Waals surface area (Å²) in [5, 5.41) is 27.1. The van der Waals surface area contributed by atoms with Crippen molar-refractivity contribution in [1.82, 2.24) is 0 Å². The zero-order valence-corrected chi connectivity index (χ0v) is 17.5. The van der Waals surface area contributed by atoms with Crippen LogP contribution in [0, 0.1) is 6.92 Å². The van der Waals surface area contributed by atoms with Crippen LogP contribution in [-0.4, -0.2) is 33.2 Å². The SMILES string of the molecule is CCc1c(C(=O)O)cc(C(=O)O)c(C)c1C(=O)O.I[I-]I. The third-order valence-electron chi connectivity index (χ3n) is 2.72. The molecule has 9 heteroatoms. The van der Waals surface area contributed by atoms with Crippen LogP contribution in [0.4, 0.5) is 0 Å². The van der Waals surface area contributed by atoms with Crippen LogP contribution in [0.25, 0.3) is 0 Å². The van der Waals surface area contributed by atoms with Gasteiger partial charge in [0.25, 0.3) is 0 Å². The van der Waals surface area contributed by atoms with Crippen LogP contribution in [0.2, 0.25) is 0 Å². The van der Waals surface area contributed by atoms with Crippen molar-refractivity contribution in [3.8, 4) is 0 Å². The molecule has 0 fully saturated rings. The number of benzene rings is 1. The average molecular weight is 633 g/mol. The molecule has 21 heavy (non-hydrogen) atoms. The quantitative estimate of drug-likeness (QED) is 0.416. The molecule has 0 aromatic heterocycles. The van der Waals surface area contributed by atoms with Gasteiger partial charge in [0.2, 0.25) is 0 Å². The van der Waals surface area contributed by atoms with Gasteiger partial charge in [-0.05, 0) is 30.5 Å². The summed E-state index contributed by atoms with van der Waals surface area (Å²) in [4.78, 5) is 33.2. The van der Waals surface area contributed by atoms with Gasteiger partial charge in [-0.3, -0.25) is 0 Å². The number of halogens is 3. The minimum absolute atomic E-state index is 0.0665. The van der Waals surface area contributed by atoms with Crippen molar-refractivity contribution in [2.75, 3.05) is 0 Å². The van der Waals surface area contributed by atoms with E-state index in [0.717, 1.165) is 6.07 Å². The molecule has 0 bridgehead atoms. The molecule has 0 aliphatic heterocycles. The predicted molar refractivity (Wildman–Crippen MR) is 89.5 cm³/mol. The van der Waals surface area contributed by atoms with E-state index >= 15 is 0 Å². The Balaban J connectivity index is 0.00000122.